The minimum atomic E-state index is -1.02. The maximum absolute atomic E-state index is 12.1. The highest BCUT2D eigenvalue weighted by molar-refractivity contribution is 5.95. The molecular formula is C19H22N2O3. The number of nitrogens with two attached hydrogens (primary N) is 1. The van der Waals surface area contributed by atoms with Crippen molar-refractivity contribution < 1.29 is 14.7 Å². The summed E-state index contributed by atoms with van der Waals surface area (Å²) in [5, 5.41) is 11.6. The molecule has 0 spiro atoms. The molecule has 0 unspecified atom stereocenters. The van der Waals surface area contributed by atoms with Gasteiger partial charge in [-0.05, 0) is 41.3 Å². The lowest BCUT2D eigenvalue weighted by Crippen LogP contribution is -2.31. The molecule has 5 heteroatoms. The van der Waals surface area contributed by atoms with Crippen LogP contribution in [0.2, 0.25) is 0 Å². The fourth-order valence-corrected chi connectivity index (χ4v) is 2.31. The van der Waals surface area contributed by atoms with Crippen molar-refractivity contribution in [3.05, 3.63) is 70.8 Å². The van der Waals surface area contributed by atoms with Gasteiger partial charge in [0.15, 0.2) is 0 Å². The average Bonchev–Trinajstić information content (AvgIpc) is 2.59. The number of benzene rings is 2. The molecule has 5 nitrogen and oxygen atoms in total. The van der Waals surface area contributed by atoms with Gasteiger partial charge in [-0.2, -0.15) is 0 Å². The van der Waals surface area contributed by atoms with Crippen LogP contribution in [-0.4, -0.2) is 23.5 Å². The lowest BCUT2D eigenvalue weighted by molar-refractivity contribution is 0.0696. The van der Waals surface area contributed by atoms with E-state index < -0.39 is 5.97 Å². The van der Waals surface area contributed by atoms with Crippen LogP contribution in [0.4, 0.5) is 0 Å². The quantitative estimate of drug-likeness (QED) is 0.761. The fourth-order valence-electron chi connectivity index (χ4n) is 2.31. The first-order chi connectivity index (χ1) is 11.4. The third-order valence-corrected chi connectivity index (χ3v) is 3.91. The number of carbonyl (C=O) groups is 2. The molecule has 0 bridgehead atoms. The Hall–Kier alpha value is -2.66. The molecular weight excluding hydrogens is 304 g/mol. The second-order valence-corrected chi connectivity index (χ2v) is 6.02. The zero-order valence-electron chi connectivity index (χ0n) is 13.8. The van der Waals surface area contributed by atoms with Gasteiger partial charge in [0, 0.05) is 18.2 Å². The first-order valence-electron chi connectivity index (χ1n) is 7.85. The molecule has 0 fully saturated rings. The molecule has 0 heterocycles. The molecule has 2 rings (SSSR count). The molecule has 0 aromatic heterocycles. The average molecular weight is 326 g/mol. The number of carbonyl (C=O) groups excluding carboxylic acids is 1. The van der Waals surface area contributed by atoms with Crippen molar-refractivity contribution in [2.75, 3.05) is 6.54 Å². The lowest BCUT2D eigenvalue weighted by Gasteiger charge is -2.14. The van der Waals surface area contributed by atoms with Gasteiger partial charge in [-0.1, -0.05) is 38.1 Å². The van der Waals surface area contributed by atoms with Crippen LogP contribution in [0.5, 0.6) is 0 Å². The molecule has 0 aliphatic carbocycles. The van der Waals surface area contributed by atoms with E-state index in [2.05, 4.69) is 19.2 Å². The predicted molar refractivity (Wildman–Crippen MR) is 93.2 cm³/mol. The first kappa shape index (κ1) is 17.7. The van der Waals surface area contributed by atoms with Crippen molar-refractivity contribution in [3.63, 3.8) is 0 Å². The third-order valence-electron chi connectivity index (χ3n) is 3.91. The minimum absolute atomic E-state index is 0.147. The van der Waals surface area contributed by atoms with Crippen LogP contribution in [0.25, 0.3) is 0 Å². The summed E-state index contributed by atoms with van der Waals surface area (Å²) in [5.74, 6) is -0.834. The molecule has 24 heavy (non-hydrogen) atoms. The Labute approximate surface area is 141 Å². The summed E-state index contributed by atoms with van der Waals surface area (Å²) >= 11 is 0. The number of amides is 1. The van der Waals surface area contributed by atoms with Gasteiger partial charge in [-0.3, -0.25) is 4.79 Å². The van der Waals surface area contributed by atoms with Gasteiger partial charge in [0.05, 0.1) is 5.56 Å². The van der Waals surface area contributed by atoms with Gasteiger partial charge >= 0.3 is 5.97 Å². The van der Waals surface area contributed by atoms with E-state index in [4.69, 9.17) is 10.8 Å². The van der Waals surface area contributed by atoms with Gasteiger partial charge in [0.25, 0.3) is 5.91 Å². The second kappa shape index (κ2) is 7.75. The predicted octanol–water partition coefficient (Wildman–Crippen LogP) is 2.94. The number of aromatic carboxylic acids is 1. The summed E-state index contributed by atoms with van der Waals surface area (Å²) in [6.45, 7) is 4.57. The van der Waals surface area contributed by atoms with E-state index in [1.54, 1.807) is 0 Å². The van der Waals surface area contributed by atoms with Crippen LogP contribution in [-0.2, 0) is 0 Å². The number of nitrogens with one attached hydrogen (secondary N) is 1. The summed E-state index contributed by atoms with van der Waals surface area (Å²) in [6, 6.07) is 13.5. The van der Waals surface area contributed by atoms with Crippen LogP contribution in [0, 0.1) is 0 Å². The van der Waals surface area contributed by atoms with Crippen molar-refractivity contribution >= 4 is 11.9 Å². The number of carboxylic acid groups (broad SMARTS) is 1. The Morgan fingerprint density at radius 1 is 0.958 bits per heavy atom. The first-order valence-corrected chi connectivity index (χ1v) is 7.85. The monoisotopic (exact) mass is 326 g/mol. The maximum atomic E-state index is 12.1. The molecule has 0 radical (unpaired) electrons. The largest absolute Gasteiger partial charge is 0.478 e. The zero-order chi connectivity index (χ0) is 17.7. The molecule has 2 aromatic carbocycles. The molecule has 4 N–H and O–H groups in total. The second-order valence-electron chi connectivity index (χ2n) is 6.02. The summed E-state index contributed by atoms with van der Waals surface area (Å²) < 4.78 is 0. The van der Waals surface area contributed by atoms with E-state index in [9.17, 15) is 9.59 Å². The summed E-state index contributed by atoms with van der Waals surface area (Å²) in [5.41, 5.74) is 8.87. The molecule has 0 saturated carbocycles. The molecule has 0 saturated heterocycles. The molecule has 1 atom stereocenters. The van der Waals surface area contributed by atoms with Crippen LogP contribution in [0.15, 0.2) is 48.5 Å². The number of hydrogen-bond acceptors (Lipinski definition) is 3. The van der Waals surface area contributed by atoms with E-state index in [0.29, 0.717) is 18.0 Å². The highest BCUT2D eigenvalue weighted by Gasteiger charge is 2.11. The van der Waals surface area contributed by atoms with Crippen molar-refractivity contribution in [2.24, 2.45) is 5.73 Å². The minimum Gasteiger partial charge on any atom is -0.478 e. The Balaban J connectivity index is 1.94. The van der Waals surface area contributed by atoms with E-state index >= 15 is 0 Å². The Bertz CT molecular complexity index is 706. The number of rotatable bonds is 6. The van der Waals surface area contributed by atoms with Crippen LogP contribution in [0.1, 0.15) is 57.7 Å². The number of hydrogen-bond donors (Lipinski definition) is 3. The van der Waals surface area contributed by atoms with Crippen molar-refractivity contribution in [2.45, 2.75) is 25.8 Å². The molecule has 126 valence electrons. The van der Waals surface area contributed by atoms with Gasteiger partial charge in [-0.15, -0.1) is 0 Å². The SMILES string of the molecule is CC(C)c1ccc([C@@H](N)CNC(=O)c2ccc(C(=O)O)cc2)cc1. The Kier molecular flexibility index (Phi) is 5.71. The summed E-state index contributed by atoms with van der Waals surface area (Å²) in [6.07, 6.45) is 0. The summed E-state index contributed by atoms with van der Waals surface area (Å²) in [4.78, 5) is 22.9. The highest BCUT2D eigenvalue weighted by atomic mass is 16.4. The molecule has 2 aromatic rings. The number of carboxylic acids is 1. The smallest absolute Gasteiger partial charge is 0.335 e. The third kappa shape index (κ3) is 4.43. The topological polar surface area (TPSA) is 92.4 Å². The standard InChI is InChI=1S/C19H22N2O3/c1-12(2)13-3-5-14(6-4-13)17(20)11-21-18(22)15-7-9-16(10-8-15)19(23)24/h3-10,12,17H,11,20H2,1-2H3,(H,21,22)(H,23,24)/t17-/m0/s1. The van der Waals surface area contributed by atoms with E-state index in [1.807, 2.05) is 24.3 Å². The van der Waals surface area contributed by atoms with E-state index in [-0.39, 0.29) is 17.5 Å². The van der Waals surface area contributed by atoms with Crippen molar-refractivity contribution in [1.82, 2.24) is 5.32 Å². The van der Waals surface area contributed by atoms with E-state index in [1.165, 1.54) is 29.8 Å². The summed E-state index contributed by atoms with van der Waals surface area (Å²) in [7, 11) is 0. The van der Waals surface area contributed by atoms with Gasteiger partial charge in [0.2, 0.25) is 0 Å². The van der Waals surface area contributed by atoms with Gasteiger partial charge < -0.3 is 16.2 Å². The van der Waals surface area contributed by atoms with Crippen LogP contribution < -0.4 is 11.1 Å². The Morgan fingerprint density at radius 2 is 1.46 bits per heavy atom. The highest BCUT2D eigenvalue weighted by Crippen LogP contribution is 2.17. The zero-order valence-corrected chi connectivity index (χ0v) is 13.8. The maximum Gasteiger partial charge on any atom is 0.335 e. The molecule has 1 amide bonds. The van der Waals surface area contributed by atoms with Crippen molar-refractivity contribution in [3.8, 4) is 0 Å². The molecule has 0 aliphatic heterocycles. The Morgan fingerprint density at radius 3 is 1.96 bits per heavy atom. The van der Waals surface area contributed by atoms with Gasteiger partial charge in [0.1, 0.15) is 0 Å². The lowest BCUT2D eigenvalue weighted by atomic mass is 9.99. The normalized spacial score (nSPS) is 12.0. The van der Waals surface area contributed by atoms with E-state index in [0.717, 1.165) is 5.56 Å². The molecule has 0 aliphatic rings. The van der Waals surface area contributed by atoms with Crippen molar-refractivity contribution in [1.29, 1.82) is 0 Å². The van der Waals surface area contributed by atoms with Gasteiger partial charge in [-0.25, -0.2) is 4.79 Å². The van der Waals surface area contributed by atoms with Crippen LogP contribution in [0.3, 0.4) is 0 Å². The fraction of sp³-hybridized carbons (Fsp3) is 0.263. The van der Waals surface area contributed by atoms with Crippen LogP contribution >= 0.6 is 0 Å².